The van der Waals surface area contributed by atoms with E-state index in [9.17, 15) is 5.26 Å². The highest BCUT2D eigenvalue weighted by Gasteiger charge is 2.21. The second kappa shape index (κ2) is 11.4. The Hall–Kier alpha value is -2.57. The first-order valence-electron chi connectivity index (χ1n) is 9.76. The summed E-state index contributed by atoms with van der Waals surface area (Å²) in [6.07, 6.45) is 6.06. The first-order valence-corrected chi connectivity index (χ1v) is 9.76. The summed E-state index contributed by atoms with van der Waals surface area (Å²) < 4.78 is 21.7. The van der Waals surface area contributed by atoms with E-state index < -0.39 is 6.29 Å². The Bertz CT molecular complexity index is 711. The zero-order valence-electron chi connectivity index (χ0n) is 17.6. The van der Waals surface area contributed by atoms with Gasteiger partial charge in [0.1, 0.15) is 6.10 Å². The summed E-state index contributed by atoms with van der Waals surface area (Å²) in [5.74, 6) is 1.22. The molecule has 9 nitrogen and oxygen atoms in total. The summed E-state index contributed by atoms with van der Waals surface area (Å²) in [7, 11) is 4.61. The molecular weight excluding hydrogens is 374 g/mol. The summed E-state index contributed by atoms with van der Waals surface area (Å²) in [6.45, 7) is 2.53. The van der Waals surface area contributed by atoms with Gasteiger partial charge in [-0.2, -0.15) is 5.26 Å². The van der Waals surface area contributed by atoms with Crippen molar-refractivity contribution in [2.24, 2.45) is 10.7 Å². The van der Waals surface area contributed by atoms with Gasteiger partial charge in [0.25, 0.3) is 5.88 Å². The molecule has 0 saturated heterocycles. The molecule has 0 spiro atoms. The van der Waals surface area contributed by atoms with Gasteiger partial charge >= 0.3 is 0 Å². The minimum atomic E-state index is -0.570. The maximum atomic E-state index is 9.31. The van der Waals surface area contributed by atoms with Gasteiger partial charge in [0, 0.05) is 25.8 Å². The number of aromatic nitrogens is 1. The number of aliphatic imine (C=N–C) groups is 1. The molecule has 0 radical (unpaired) electrons. The number of methoxy groups -OCH3 is 3. The zero-order chi connectivity index (χ0) is 21.2. The molecule has 1 aromatic rings. The fraction of sp³-hybridized carbons (Fsp3) is 0.650. The molecule has 9 heteroatoms. The molecule has 1 fully saturated rings. The molecule has 1 unspecified atom stereocenters. The maximum Gasteiger partial charge on any atom is 0.257 e. The highest BCUT2D eigenvalue weighted by molar-refractivity contribution is 5.79. The third-order valence-corrected chi connectivity index (χ3v) is 4.93. The van der Waals surface area contributed by atoms with Gasteiger partial charge in [-0.25, -0.2) is 9.88 Å². The van der Waals surface area contributed by atoms with Crippen molar-refractivity contribution in [1.82, 2.24) is 9.88 Å². The molecule has 1 heterocycles. The van der Waals surface area contributed by atoms with Crippen LogP contribution >= 0.6 is 0 Å². The summed E-state index contributed by atoms with van der Waals surface area (Å²) in [6, 6.07) is 3.75. The Morgan fingerprint density at radius 1 is 1.31 bits per heavy atom. The van der Waals surface area contributed by atoms with E-state index in [1.807, 2.05) is 25.2 Å². The Morgan fingerprint density at radius 2 is 2.00 bits per heavy atom. The lowest BCUT2D eigenvalue weighted by atomic mass is 10.1. The van der Waals surface area contributed by atoms with Crippen molar-refractivity contribution in [1.29, 1.82) is 5.26 Å². The third-order valence-electron chi connectivity index (χ3n) is 4.93. The SMILES string of the molecule is COc1ccc(C(C)CN=C(N)N(C#N)CC(OC)OC)nc1OC1CCCC1. The van der Waals surface area contributed by atoms with Crippen LogP contribution in [0.3, 0.4) is 0 Å². The predicted octanol–water partition coefficient (Wildman–Crippen LogP) is 2.23. The molecule has 160 valence electrons. The number of ether oxygens (including phenoxy) is 4. The predicted molar refractivity (Wildman–Crippen MR) is 109 cm³/mol. The van der Waals surface area contributed by atoms with Crippen LogP contribution in [-0.2, 0) is 9.47 Å². The summed E-state index contributed by atoms with van der Waals surface area (Å²) >= 11 is 0. The van der Waals surface area contributed by atoms with Crippen LogP contribution in [0, 0.1) is 11.5 Å². The molecule has 0 aromatic carbocycles. The molecule has 0 bridgehead atoms. The number of nitriles is 1. The van der Waals surface area contributed by atoms with Crippen LogP contribution < -0.4 is 15.2 Å². The van der Waals surface area contributed by atoms with E-state index in [0.717, 1.165) is 18.5 Å². The highest BCUT2D eigenvalue weighted by Crippen LogP contribution is 2.31. The summed E-state index contributed by atoms with van der Waals surface area (Å²) in [5, 5.41) is 9.31. The average molecular weight is 405 g/mol. The lowest BCUT2D eigenvalue weighted by molar-refractivity contribution is -0.105. The third kappa shape index (κ3) is 6.48. The molecule has 2 N–H and O–H groups in total. The topological polar surface area (TPSA) is 115 Å². The molecule has 0 amide bonds. The van der Waals surface area contributed by atoms with Crippen LogP contribution in [0.15, 0.2) is 17.1 Å². The van der Waals surface area contributed by atoms with E-state index in [1.54, 1.807) is 7.11 Å². The van der Waals surface area contributed by atoms with Crippen molar-refractivity contribution in [3.63, 3.8) is 0 Å². The van der Waals surface area contributed by atoms with Gasteiger partial charge in [0.2, 0.25) is 5.96 Å². The first-order chi connectivity index (χ1) is 14.0. The lowest BCUT2D eigenvalue weighted by Crippen LogP contribution is -2.40. The van der Waals surface area contributed by atoms with Gasteiger partial charge in [-0.1, -0.05) is 6.92 Å². The second-order valence-corrected chi connectivity index (χ2v) is 6.98. The minimum absolute atomic E-state index is 0.0217. The molecule has 0 aliphatic heterocycles. The number of nitrogens with zero attached hydrogens (tertiary/aromatic N) is 4. The van der Waals surface area contributed by atoms with Crippen LogP contribution in [-0.4, -0.2) is 62.7 Å². The number of hydrogen-bond donors (Lipinski definition) is 1. The van der Waals surface area contributed by atoms with Gasteiger partial charge in [0.15, 0.2) is 18.2 Å². The van der Waals surface area contributed by atoms with Crippen molar-refractivity contribution in [3.8, 4) is 17.8 Å². The van der Waals surface area contributed by atoms with Crippen LogP contribution in [0.4, 0.5) is 0 Å². The van der Waals surface area contributed by atoms with Crippen LogP contribution in [0.2, 0.25) is 0 Å². The molecule has 1 aliphatic carbocycles. The monoisotopic (exact) mass is 405 g/mol. The van der Waals surface area contributed by atoms with Crippen LogP contribution in [0.1, 0.15) is 44.2 Å². The molecule has 1 aromatic heterocycles. The molecule has 1 saturated carbocycles. The van der Waals surface area contributed by atoms with E-state index in [-0.39, 0.29) is 24.5 Å². The van der Waals surface area contributed by atoms with Gasteiger partial charge in [-0.3, -0.25) is 4.99 Å². The van der Waals surface area contributed by atoms with Crippen LogP contribution in [0.5, 0.6) is 11.6 Å². The number of rotatable bonds is 10. The van der Waals surface area contributed by atoms with E-state index in [2.05, 4.69) is 9.98 Å². The van der Waals surface area contributed by atoms with Gasteiger partial charge in [-0.15, -0.1) is 0 Å². The average Bonchev–Trinajstić information content (AvgIpc) is 3.25. The summed E-state index contributed by atoms with van der Waals surface area (Å²) in [5.41, 5.74) is 6.80. The molecule has 1 atom stereocenters. The Labute approximate surface area is 172 Å². The quantitative estimate of drug-likeness (QED) is 0.207. The fourth-order valence-electron chi connectivity index (χ4n) is 3.11. The smallest absolute Gasteiger partial charge is 0.257 e. The van der Waals surface area contributed by atoms with Crippen molar-refractivity contribution in [2.75, 3.05) is 34.4 Å². The Kier molecular flexibility index (Phi) is 8.96. The maximum absolute atomic E-state index is 9.31. The second-order valence-electron chi connectivity index (χ2n) is 6.98. The van der Waals surface area contributed by atoms with Gasteiger partial charge < -0.3 is 24.7 Å². The standard InChI is InChI=1S/C20H31N5O4/c1-14(11-23-20(22)25(13-21)12-18(27-3)28-4)16-9-10-17(26-2)19(24-16)29-15-7-5-6-8-15/h9-10,14-15,18H,5-8,11-12H2,1-4H3,(H2,22,23). The van der Waals surface area contributed by atoms with E-state index >= 15 is 0 Å². The highest BCUT2D eigenvalue weighted by atomic mass is 16.7. The number of hydrogen-bond acceptors (Lipinski definition) is 7. The number of pyridine rings is 1. The minimum Gasteiger partial charge on any atom is -0.491 e. The van der Waals surface area contributed by atoms with Gasteiger partial charge in [0.05, 0.1) is 20.2 Å². The van der Waals surface area contributed by atoms with Crippen molar-refractivity contribution >= 4 is 5.96 Å². The molecule has 29 heavy (non-hydrogen) atoms. The van der Waals surface area contributed by atoms with Crippen molar-refractivity contribution in [2.45, 2.75) is 50.9 Å². The zero-order valence-corrected chi connectivity index (χ0v) is 17.6. The first kappa shape index (κ1) is 22.7. The molecule has 1 aliphatic rings. The van der Waals surface area contributed by atoms with E-state index in [0.29, 0.717) is 18.2 Å². The molecular formula is C20H31N5O4. The van der Waals surface area contributed by atoms with Crippen molar-refractivity contribution < 1.29 is 18.9 Å². The van der Waals surface area contributed by atoms with Crippen LogP contribution in [0.25, 0.3) is 0 Å². The van der Waals surface area contributed by atoms with Gasteiger partial charge in [-0.05, 0) is 37.8 Å². The van der Waals surface area contributed by atoms with Crippen molar-refractivity contribution in [3.05, 3.63) is 17.8 Å². The Morgan fingerprint density at radius 3 is 2.59 bits per heavy atom. The number of guanidine groups is 1. The lowest BCUT2D eigenvalue weighted by Gasteiger charge is -2.20. The van der Waals surface area contributed by atoms with E-state index in [4.69, 9.17) is 24.7 Å². The largest absolute Gasteiger partial charge is 0.491 e. The molecule has 2 rings (SSSR count). The normalized spacial score (nSPS) is 15.9. The van der Waals surface area contributed by atoms with E-state index in [1.165, 1.54) is 32.0 Å². The fourth-order valence-corrected chi connectivity index (χ4v) is 3.11. The summed E-state index contributed by atoms with van der Waals surface area (Å²) in [4.78, 5) is 10.2. The number of nitrogens with two attached hydrogens (primary N) is 1. The Balaban J connectivity index is 2.05.